The quantitative estimate of drug-likeness (QED) is 0.132. The van der Waals surface area contributed by atoms with Crippen molar-refractivity contribution in [2.75, 3.05) is 41.5 Å². The molecule has 6 atom stereocenters. The fourth-order valence-electron chi connectivity index (χ4n) is 7.24. The van der Waals surface area contributed by atoms with Crippen LogP contribution in [0.25, 0.3) is 22.5 Å². The largest absolute Gasteiger partial charge is 0.457 e. The predicted octanol–water partition coefficient (Wildman–Crippen LogP) is 5.11. The van der Waals surface area contributed by atoms with E-state index in [-0.39, 0.29) is 23.9 Å². The number of imidazole rings is 2. The van der Waals surface area contributed by atoms with Crippen molar-refractivity contribution in [3.8, 4) is 34.0 Å². The fraction of sp³-hybridized carbons (Fsp3) is 0.450. The molecule has 0 aliphatic carbocycles. The van der Waals surface area contributed by atoms with Crippen molar-refractivity contribution in [3.05, 3.63) is 72.6 Å². The summed E-state index contributed by atoms with van der Waals surface area (Å²) in [4.78, 5) is 70.6. The van der Waals surface area contributed by atoms with Crippen LogP contribution in [0.1, 0.15) is 63.3 Å². The van der Waals surface area contributed by atoms with Crippen molar-refractivity contribution in [1.82, 2.24) is 40.4 Å². The van der Waals surface area contributed by atoms with E-state index in [0.717, 1.165) is 48.2 Å². The highest BCUT2D eigenvalue weighted by atomic mass is 16.5. The molecule has 6 rings (SSSR count). The van der Waals surface area contributed by atoms with E-state index in [0.29, 0.717) is 36.2 Å². The van der Waals surface area contributed by atoms with E-state index < -0.39 is 36.5 Å². The maximum absolute atomic E-state index is 13.6. The fourth-order valence-corrected chi connectivity index (χ4v) is 7.24. The highest BCUT2D eigenvalue weighted by Crippen LogP contribution is 2.35. The van der Waals surface area contributed by atoms with Crippen LogP contribution in [-0.2, 0) is 28.5 Å². The highest BCUT2D eigenvalue weighted by Gasteiger charge is 2.40. The number of methoxy groups -OCH3 is 4. The van der Waals surface area contributed by atoms with E-state index in [1.807, 2.05) is 48.5 Å². The molecule has 2 fully saturated rings. The number of rotatable bonds is 14. The second-order valence-corrected chi connectivity index (χ2v) is 14.0. The zero-order chi connectivity index (χ0) is 40.6. The van der Waals surface area contributed by atoms with Gasteiger partial charge >= 0.3 is 12.2 Å². The van der Waals surface area contributed by atoms with Crippen molar-refractivity contribution < 1.29 is 42.9 Å². The minimum absolute atomic E-state index is 0.262. The Kier molecular flexibility index (Phi) is 13.1. The summed E-state index contributed by atoms with van der Waals surface area (Å²) < 4.78 is 26.4. The lowest BCUT2D eigenvalue weighted by Gasteiger charge is -2.30. The molecule has 2 aliphatic heterocycles. The first-order valence-corrected chi connectivity index (χ1v) is 18.9. The van der Waals surface area contributed by atoms with E-state index in [4.69, 9.17) is 23.7 Å². The number of carbonyl (C=O) groups excluding carboxylic acids is 4. The zero-order valence-electron chi connectivity index (χ0n) is 32.9. The van der Waals surface area contributed by atoms with Gasteiger partial charge < -0.3 is 54.1 Å². The third kappa shape index (κ3) is 9.21. The van der Waals surface area contributed by atoms with Crippen LogP contribution < -0.4 is 15.4 Å². The van der Waals surface area contributed by atoms with Gasteiger partial charge in [0, 0.05) is 27.3 Å². The normalized spacial score (nSPS) is 18.7. The average Bonchev–Trinajstić information content (AvgIpc) is 4.08. The van der Waals surface area contributed by atoms with Gasteiger partial charge in [0.2, 0.25) is 11.8 Å². The first kappa shape index (κ1) is 40.7. The van der Waals surface area contributed by atoms with Crippen LogP contribution in [-0.4, -0.2) is 120 Å². The van der Waals surface area contributed by atoms with Gasteiger partial charge in [-0.25, -0.2) is 19.6 Å². The third-order valence-corrected chi connectivity index (χ3v) is 10.6. The molecule has 0 bridgehead atoms. The molecule has 4 aromatic rings. The number of amides is 4. The maximum Gasteiger partial charge on any atom is 0.407 e. The van der Waals surface area contributed by atoms with E-state index in [1.165, 1.54) is 28.4 Å². The first-order valence-electron chi connectivity index (χ1n) is 18.9. The standard InChI is InChI=1S/C40H50N8O9/c1-23(53-3)33(45-39(51)55-5)37(49)47-19-7-9-31(47)35-41-21-29(43-35)25-11-15-27(16-12-25)57-28-17-13-26(14-18-28)30-22-42-36(44-30)32-10-8-20-48(32)38(50)34(24(2)54-4)46-40(52)56-6/h11-18,21-24,31-34H,7-10,19-20H2,1-6H3,(H,41,43)(H,42,44)(H,45,51)(H,46,52)/t23-,24-,31+,32+,33+,34+/m1/s1. The maximum atomic E-state index is 13.6. The Morgan fingerprint density at radius 2 is 1.04 bits per heavy atom. The lowest BCUT2D eigenvalue weighted by atomic mass is 10.1. The summed E-state index contributed by atoms with van der Waals surface area (Å²) in [5.74, 6) is 2.09. The SMILES string of the molecule is COC(=O)N[C@H](C(=O)N1CCC[C@H]1c1ncc(-c2ccc(Oc3ccc(-c4cnc([C@@H]5CCCN5C(=O)[C@@H](NC(=O)OC)[C@@H](C)OC)[nH]4)cc3)cc2)[nH]1)[C@@H](C)OC. The molecule has 304 valence electrons. The molecule has 4 heterocycles. The number of alkyl carbamates (subject to hydrolysis) is 2. The summed E-state index contributed by atoms with van der Waals surface area (Å²) in [6, 6.07) is 12.9. The second-order valence-electron chi connectivity index (χ2n) is 14.0. The van der Waals surface area contributed by atoms with Crippen molar-refractivity contribution in [2.45, 2.75) is 75.9 Å². The van der Waals surface area contributed by atoms with Gasteiger partial charge in [-0.2, -0.15) is 0 Å². The molecule has 4 N–H and O–H groups in total. The summed E-state index contributed by atoms with van der Waals surface area (Å²) in [7, 11) is 5.48. The summed E-state index contributed by atoms with van der Waals surface area (Å²) in [5, 5.41) is 5.21. The topological polar surface area (TPSA) is 202 Å². The van der Waals surface area contributed by atoms with Gasteiger partial charge in [0.25, 0.3) is 0 Å². The van der Waals surface area contributed by atoms with Gasteiger partial charge in [0.1, 0.15) is 35.2 Å². The Bertz CT molecular complexity index is 1860. The van der Waals surface area contributed by atoms with Gasteiger partial charge in [-0.05, 0) is 99.2 Å². The molecule has 2 aliphatic rings. The highest BCUT2D eigenvalue weighted by molar-refractivity contribution is 5.87. The number of hydrogen-bond acceptors (Lipinski definition) is 11. The lowest BCUT2D eigenvalue weighted by Crippen LogP contribution is -2.54. The van der Waals surface area contributed by atoms with E-state index in [9.17, 15) is 19.2 Å². The molecule has 2 saturated heterocycles. The van der Waals surface area contributed by atoms with Crippen LogP contribution in [0, 0.1) is 0 Å². The van der Waals surface area contributed by atoms with Crippen LogP contribution in [0.15, 0.2) is 60.9 Å². The molecule has 17 heteroatoms. The number of aromatic amines is 2. The number of hydrogen-bond donors (Lipinski definition) is 4. The van der Waals surface area contributed by atoms with Gasteiger partial charge in [-0.15, -0.1) is 0 Å². The number of benzene rings is 2. The number of H-pyrrole nitrogens is 2. The van der Waals surface area contributed by atoms with Gasteiger partial charge in [-0.3, -0.25) is 9.59 Å². The number of nitrogens with zero attached hydrogens (tertiary/aromatic N) is 4. The Balaban J connectivity index is 1.07. The summed E-state index contributed by atoms with van der Waals surface area (Å²) in [6.45, 7) is 4.50. The van der Waals surface area contributed by atoms with E-state index in [2.05, 4.69) is 30.6 Å². The number of aromatic nitrogens is 4. The monoisotopic (exact) mass is 786 g/mol. The van der Waals surface area contributed by atoms with Crippen LogP contribution in [0.3, 0.4) is 0 Å². The average molecular weight is 787 g/mol. The van der Waals surface area contributed by atoms with Crippen molar-refractivity contribution in [3.63, 3.8) is 0 Å². The minimum Gasteiger partial charge on any atom is -0.457 e. The molecule has 2 aromatic carbocycles. The van der Waals surface area contributed by atoms with Crippen LogP contribution >= 0.6 is 0 Å². The molecule has 0 spiro atoms. The molecule has 4 amide bonds. The summed E-state index contributed by atoms with van der Waals surface area (Å²) >= 11 is 0. The Morgan fingerprint density at radius 3 is 1.39 bits per heavy atom. The molecule has 0 unspecified atom stereocenters. The summed E-state index contributed by atoms with van der Waals surface area (Å²) in [5.41, 5.74) is 3.38. The Morgan fingerprint density at radius 1 is 0.649 bits per heavy atom. The van der Waals surface area contributed by atoms with E-state index in [1.54, 1.807) is 36.0 Å². The Hall–Kier alpha value is -5.94. The Labute approximate surface area is 330 Å². The minimum atomic E-state index is -0.907. The van der Waals surface area contributed by atoms with E-state index >= 15 is 0 Å². The smallest absolute Gasteiger partial charge is 0.407 e. The molecule has 0 saturated carbocycles. The van der Waals surface area contributed by atoms with Gasteiger partial charge in [0.05, 0.1) is 62.3 Å². The molecule has 0 radical (unpaired) electrons. The number of nitrogens with one attached hydrogen (secondary N) is 4. The van der Waals surface area contributed by atoms with Crippen molar-refractivity contribution >= 4 is 24.0 Å². The van der Waals surface area contributed by atoms with Gasteiger partial charge in [0.15, 0.2) is 0 Å². The molecular weight excluding hydrogens is 736 g/mol. The van der Waals surface area contributed by atoms with Gasteiger partial charge in [-0.1, -0.05) is 0 Å². The summed E-state index contributed by atoms with van der Waals surface area (Å²) in [6.07, 6.45) is 4.01. The first-order chi connectivity index (χ1) is 27.5. The second kappa shape index (κ2) is 18.3. The zero-order valence-corrected chi connectivity index (χ0v) is 32.9. The van der Waals surface area contributed by atoms with Crippen LogP contribution in [0.4, 0.5) is 9.59 Å². The molecule has 2 aromatic heterocycles. The van der Waals surface area contributed by atoms with Crippen molar-refractivity contribution in [2.24, 2.45) is 0 Å². The molecule has 57 heavy (non-hydrogen) atoms. The lowest BCUT2D eigenvalue weighted by molar-refractivity contribution is -0.138. The van der Waals surface area contributed by atoms with Crippen LogP contribution in [0.5, 0.6) is 11.5 Å². The number of carbonyl (C=O) groups is 4. The predicted molar refractivity (Wildman–Crippen MR) is 207 cm³/mol. The molecular formula is C40H50N8O9. The number of ether oxygens (including phenoxy) is 5. The third-order valence-electron chi connectivity index (χ3n) is 10.6. The van der Waals surface area contributed by atoms with Crippen LogP contribution in [0.2, 0.25) is 0 Å². The molecule has 17 nitrogen and oxygen atoms in total. The van der Waals surface area contributed by atoms with Crippen molar-refractivity contribution in [1.29, 1.82) is 0 Å². The number of likely N-dealkylation sites (tertiary alicyclic amines) is 2.